The Balaban J connectivity index is 2.35. The van der Waals surface area contributed by atoms with Crippen LogP contribution in [-0.2, 0) is 10.0 Å². The van der Waals surface area contributed by atoms with Crippen molar-refractivity contribution < 1.29 is 18.3 Å². The molecule has 0 aliphatic heterocycles. The lowest BCUT2D eigenvalue weighted by Gasteiger charge is -2.14. The number of aromatic carboxylic acids is 1. The van der Waals surface area contributed by atoms with Gasteiger partial charge in [-0.1, -0.05) is 17.7 Å². The van der Waals surface area contributed by atoms with E-state index in [2.05, 4.69) is 9.71 Å². The van der Waals surface area contributed by atoms with E-state index in [9.17, 15) is 13.2 Å². The van der Waals surface area contributed by atoms with Gasteiger partial charge >= 0.3 is 5.97 Å². The minimum atomic E-state index is -3.98. The van der Waals surface area contributed by atoms with E-state index in [4.69, 9.17) is 16.7 Å². The van der Waals surface area contributed by atoms with Gasteiger partial charge in [0.15, 0.2) is 0 Å². The molecule has 1 unspecified atom stereocenters. The number of rotatable bonds is 5. The average Bonchev–Trinajstić information content (AvgIpc) is 2.47. The lowest BCUT2D eigenvalue weighted by Crippen LogP contribution is -2.27. The van der Waals surface area contributed by atoms with Crippen LogP contribution < -0.4 is 4.72 Å². The second kappa shape index (κ2) is 6.43. The molecular formula is C14H13ClN2O4S. The maximum Gasteiger partial charge on any atom is 0.335 e. The summed E-state index contributed by atoms with van der Waals surface area (Å²) in [5.74, 6) is -1.23. The molecule has 0 radical (unpaired) electrons. The van der Waals surface area contributed by atoms with Gasteiger partial charge in [-0.3, -0.25) is 4.98 Å². The second-order valence-electron chi connectivity index (χ2n) is 4.55. The minimum Gasteiger partial charge on any atom is -0.478 e. The van der Waals surface area contributed by atoms with E-state index in [0.29, 0.717) is 5.69 Å². The van der Waals surface area contributed by atoms with Crippen molar-refractivity contribution in [2.75, 3.05) is 0 Å². The van der Waals surface area contributed by atoms with E-state index >= 15 is 0 Å². The molecule has 0 spiro atoms. The van der Waals surface area contributed by atoms with Gasteiger partial charge in [-0.25, -0.2) is 17.9 Å². The fraction of sp³-hybridized carbons (Fsp3) is 0.143. The Bertz CT molecular complexity index is 794. The molecule has 0 aliphatic rings. The SMILES string of the molecule is CC(NS(=O)(=O)c1cc(C(=O)O)ccc1Cl)c1ccccn1. The highest BCUT2D eigenvalue weighted by atomic mass is 35.5. The van der Waals surface area contributed by atoms with Gasteiger partial charge in [0, 0.05) is 6.20 Å². The summed E-state index contributed by atoms with van der Waals surface area (Å²) in [5, 5.41) is 8.91. The first-order valence-electron chi connectivity index (χ1n) is 6.27. The summed E-state index contributed by atoms with van der Waals surface area (Å²) in [6.07, 6.45) is 1.55. The predicted molar refractivity (Wildman–Crippen MR) is 81.4 cm³/mol. The summed E-state index contributed by atoms with van der Waals surface area (Å²) in [7, 11) is -3.98. The van der Waals surface area contributed by atoms with Gasteiger partial charge in [-0.15, -0.1) is 0 Å². The molecule has 116 valence electrons. The monoisotopic (exact) mass is 340 g/mol. The fourth-order valence-electron chi connectivity index (χ4n) is 1.83. The molecule has 1 atom stereocenters. The van der Waals surface area contributed by atoms with E-state index in [1.165, 1.54) is 12.1 Å². The van der Waals surface area contributed by atoms with Crippen molar-refractivity contribution >= 4 is 27.6 Å². The van der Waals surface area contributed by atoms with Crippen LogP contribution in [0.2, 0.25) is 5.02 Å². The average molecular weight is 341 g/mol. The van der Waals surface area contributed by atoms with Gasteiger partial charge in [0.25, 0.3) is 0 Å². The largest absolute Gasteiger partial charge is 0.478 e. The third-order valence-electron chi connectivity index (χ3n) is 2.93. The Morgan fingerprint density at radius 2 is 2.05 bits per heavy atom. The highest BCUT2D eigenvalue weighted by Gasteiger charge is 2.23. The van der Waals surface area contributed by atoms with Gasteiger partial charge in [-0.2, -0.15) is 0 Å². The number of pyridine rings is 1. The number of aromatic nitrogens is 1. The van der Waals surface area contributed by atoms with Crippen LogP contribution in [-0.4, -0.2) is 24.5 Å². The number of benzene rings is 1. The summed E-state index contributed by atoms with van der Waals surface area (Å²) >= 11 is 5.89. The van der Waals surface area contributed by atoms with Crippen LogP contribution in [0.25, 0.3) is 0 Å². The number of hydrogen-bond acceptors (Lipinski definition) is 4. The molecule has 0 bridgehead atoms. The molecule has 1 aromatic heterocycles. The van der Waals surface area contributed by atoms with Gasteiger partial charge in [0.1, 0.15) is 4.90 Å². The van der Waals surface area contributed by atoms with Crippen LogP contribution in [0, 0.1) is 0 Å². The number of nitrogens with zero attached hydrogens (tertiary/aromatic N) is 1. The molecule has 1 heterocycles. The summed E-state index contributed by atoms with van der Waals surface area (Å²) < 4.78 is 27.2. The van der Waals surface area contributed by atoms with Crippen LogP contribution in [0.3, 0.4) is 0 Å². The van der Waals surface area contributed by atoms with Crippen molar-refractivity contribution in [3.8, 4) is 0 Å². The lowest BCUT2D eigenvalue weighted by molar-refractivity contribution is 0.0696. The van der Waals surface area contributed by atoms with E-state index in [0.717, 1.165) is 6.07 Å². The fourth-order valence-corrected chi connectivity index (χ4v) is 3.57. The Labute approximate surface area is 132 Å². The van der Waals surface area contributed by atoms with Crippen molar-refractivity contribution in [3.63, 3.8) is 0 Å². The van der Waals surface area contributed by atoms with Crippen molar-refractivity contribution in [1.29, 1.82) is 0 Å². The van der Waals surface area contributed by atoms with Crippen molar-refractivity contribution in [3.05, 3.63) is 58.9 Å². The van der Waals surface area contributed by atoms with E-state index in [-0.39, 0.29) is 15.5 Å². The number of hydrogen-bond donors (Lipinski definition) is 2. The highest BCUT2D eigenvalue weighted by Crippen LogP contribution is 2.24. The number of halogens is 1. The second-order valence-corrected chi connectivity index (χ2v) is 6.64. The zero-order valence-corrected chi connectivity index (χ0v) is 13.1. The van der Waals surface area contributed by atoms with E-state index in [1.807, 2.05) is 0 Å². The lowest BCUT2D eigenvalue weighted by atomic mass is 10.2. The topological polar surface area (TPSA) is 96.4 Å². The number of sulfonamides is 1. The van der Waals surface area contributed by atoms with Gasteiger partial charge in [0.05, 0.1) is 22.3 Å². The summed E-state index contributed by atoms with van der Waals surface area (Å²) in [5.41, 5.74) is 0.381. The molecule has 1 aromatic carbocycles. The van der Waals surface area contributed by atoms with Crippen LogP contribution >= 0.6 is 11.6 Å². The molecule has 0 saturated heterocycles. The smallest absolute Gasteiger partial charge is 0.335 e. The summed E-state index contributed by atoms with van der Waals surface area (Å²) in [4.78, 5) is 14.8. The Hall–Kier alpha value is -1.96. The van der Waals surface area contributed by atoms with Crippen LogP contribution in [0.4, 0.5) is 0 Å². The maximum absolute atomic E-state index is 12.4. The summed E-state index contributed by atoms with van der Waals surface area (Å²) in [6, 6.07) is 8.07. The zero-order chi connectivity index (χ0) is 16.3. The van der Waals surface area contributed by atoms with Crippen LogP contribution in [0.1, 0.15) is 29.0 Å². The Morgan fingerprint density at radius 1 is 1.32 bits per heavy atom. The molecule has 22 heavy (non-hydrogen) atoms. The molecule has 0 saturated carbocycles. The zero-order valence-electron chi connectivity index (χ0n) is 11.5. The molecule has 2 rings (SSSR count). The van der Waals surface area contributed by atoms with Crippen LogP contribution in [0.15, 0.2) is 47.5 Å². The number of carboxylic acids is 1. The van der Waals surface area contributed by atoms with Gasteiger partial charge < -0.3 is 5.11 Å². The Kier molecular flexibility index (Phi) is 4.80. The highest BCUT2D eigenvalue weighted by molar-refractivity contribution is 7.89. The van der Waals surface area contributed by atoms with Crippen molar-refractivity contribution in [1.82, 2.24) is 9.71 Å². The first-order valence-corrected chi connectivity index (χ1v) is 8.13. The molecular weight excluding hydrogens is 328 g/mol. The third kappa shape index (κ3) is 3.62. The molecule has 0 fully saturated rings. The van der Waals surface area contributed by atoms with E-state index < -0.39 is 22.0 Å². The quantitative estimate of drug-likeness (QED) is 0.871. The molecule has 0 aliphatic carbocycles. The van der Waals surface area contributed by atoms with Crippen LogP contribution in [0.5, 0.6) is 0 Å². The predicted octanol–water partition coefficient (Wildman–Crippen LogP) is 2.47. The molecule has 2 N–H and O–H groups in total. The molecule has 8 heteroatoms. The van der Waals surface area contributed by atoms with E-state index in [1.54, 1.807) is 31.3 Å². The Morgan fingerprint density at radius 3 is 2.64 bits per heavy atom. The molecule has 6 nitrogen and oxygen atoms in total. The van der Waals surface area contributed by atoms with Crippen molar-refractivity contribution in [2.24, 2.45) is 0 Å². The standard InChI is InChI=1S/C14H13ClN2O4S/c1-9(12-4-2-3-7-16-12)17-22(20,21)13-8-10(14(18)19)5-6-11(13)15/h2-9,17H,1H3,(H,18,19). The maximum atomic E-state index is 12.4. The normalized spacial score (nSPS) is 12.8. The number of carbonyl (C=O) groups is 1. The summed E-state index contributed by atoms with van der Waals surface area (Å²) in [6.45, 7) is 1.63. The molecule has 0 amide bonds. The first-order chi connectivity index (χ1) is 10.3. The van der Waals surface area contributed by atoms with Crippen molar-refractivity contribution in [2.45, 2.75) is 17.9 Å². The van der Waals surface area contributed by atoms with Gasteiger partial charge in [0.2, 0.25) is 10.0 Å². The third-order valence-corrected chi connectivity index (χ3v) is 4.95. The minimum absolute atomic E-state index is 0.0503. The van der Waals surface area contributed by atoms with Gasteiger partial charge in [-0.05, 0) is 37.3 Å². The molecule has 2 aromatic rings. The number of carboxylic acid groups (broad SMARTS) is 1. The first kappa shape index (κ1) is 16.4. The number of nitrogens with one attached hydrogen (secondary N) is 1.